The lowest BCUT2D eigenvalue weighted by Crippen LogP contribution is -2.79. The Kier molecular flexibility index (Phi) is 14.1. The van der Waals surface area contributed by atoms with Crippen LogP contribution in [0.2, 0.25) is 0 Å². The van der Waals surface area contributed by atoms with Gasteiger partial charge in [0, 0.05) is 0 Å². The van der Waals surface area contributed by atoms with Crippen LogP contribution >= 0.6 is 0 Å². The van der Waals surface area contributed by atoms with E-state index in [1.54, 1.807) is 0 Å². The van der Waals surface area contributed by atoms with Crippen LogP contribution in [0.3, 0.4) is 0 Å². The van der Waals surface area contributed by atoms with E-state index in [0.717, 1.165) is 13.3 Å². The zero-order valence-corrected chi connectivity index (χ0v) is 27.6. The van der Waals surface area contributed by atoms with Crippen LogP contribution < -0.4 is 0 Å². The number of hydrogen-bond donors (Lipinski definition) is 0. The van der Waals surface area contributed by atoms with E-state index in [0.29, 0.717) is 0 Å². The van der Waals surface area contributed by atoms with Gasteiger partial charge in [-0.3, -0.25) is 0 Å². The third kappa shape index (κ3) is 8.07. The molecule has 0 radical (unpaired) electrons. The molecule has 5 nitrogen and oxygen atoms in total. The van der Waals surface area contributed by atoms with Gasteiger partial charge in [0.05, 0.1) is 0 Å². The molecule has 0 heterocycles. The van der Waals surface area contributed by atoms with Gasteiger partial charge in [0.2, 0.25) is 0 Å². The quantitative estimate of drug-likeness (QED) is 0.107. The molecule has 0 N–H and O–H groups in total. The number of sulfone groups is 1. The van der Waals surface area contributed by atoms with Crippen molar-refractivity contribution in [2.75, 3.05) is 0 Å². The predicted molar refractivity (Wildman–Crippen MR) is 106 cm³/mol. The second kappa shape index (κ2) is 14.7. The van der Waals surface area contributed by atoms with E-state index in [9.17, 15) is 175 Å². The Morgan fingerprint density at radius 1 is 0.258 bits per heavy atom. The summed E-state index contributed by atoms with van der Waals surface area (Å²) in [6.45, 7) is 0. The van der Waals surface area contributed by atoms with E-state index in [1.807, 2.05) is 0 Å². The highest BCUT2D eigenvalue weighted by atomic mass is 32.2. The minimum Gasteiger partial charge on any atom is -0.302 e. The predicted octanol–water partition coefficient (Wildman–Crippen LogP) is 11.2. The molecule has 62 heavy (non-hydrogen) atoms. The first-order valence-electron chi connectivity index (χ1n) is 12.4. The van der Waals surface area contributed by atoms with Gasteiger partial charge in [-0.2, -0.15) is 167 Å². The molecule has 0 aliphatic carbocycles. The van der Waals surface area contributed by atoms with Gasteiger partial charge in [-0.25, -0.2) is 8.42 Å². The molecule has 0 aliphatic heterocycles. The Hall–Kier alpha value is -2.61. The molecule has 0 aromatic carbocycles. The maximum Gasteiger partial charge on any atom is 0.595 e. The summed E-state index contributed by atoms with van der Waals surface area (Å²) in [7, 11) is -23.6. The molecule has 45 heteroatoms. The van der Waals surface area contributed by atoms with Crippen LogP contribution in [-0.2, 0) is 23.1 Å². The molecule has 0 unspecified atom stereocenters. The van der Waals surface area contributed by atoms with Crippen LogP contribution in [0.1, 0.15) is 0 Å². The topological polar surface area (TPSA) is 61.8 Å². The van der Waals surface area contributed by atoms with Gasteiger partial charge in [-0.1, -0.05) is 0 Å². The number of halogens is 38. The normalized spacial score (nSPS) is 17.2. The van der Waals surface area contributed by atoms with Gasteiger partial charge in [0.25, 0.3) is 9.84 Å². The Labute approximate surface area is 309 Å². The number of hydrogen-bond acceptors (Lipinski definition) is 5. The van der Waals surface area contributed by atoms with E-state index in [2.05, 4.69) is 0 Å². The maximum atomic E-state index is 15.0. The smallest absolute Gasteiger partial charge is 0.302 e. The number of rotatable bonds is 17. The van der Waals surface area contributed by atoms with Crippen molar-refractivity contribution in [3.05, 3.63) is 0 Å². The van der Waals surface area contributed by atoms with Crippen molar-refractivity contribution in [2.24, 2.45) is 0 Å². The zero-order chi connectivity index (χ0) is 51.6. The van der Waals surface area contributed by atoms with Crippen molar-refractivity contribution in [2.45, 2.75) is 101 Å². The van der Waals surface area contributed by atoms with Gasteiger partial charge < -0.3 is 13.3 Å². The van der Waals surface area contributed by atoms with Crippen LogP contribution in [0.4, 0.5) is 167 Å². The molecular formula is C17F38O5SSi. The summed E-state index contributed by atoms with van der Waals surface area (Å²) in [4.78, 5) is 0. The highest BCUT2D eigenvalue weighted by Crippen LogP contribution is 2.67. The van der Waals surface area contributed by atoms with Gasteiger partial charge in [-0.05, 0) is 0 Å². The molecule has 0 aliphatic rings. The second-order valence-electron chi connectivity index (χ2n) is 10.5. The third-order valence-corrected chi connectivity index (χ3v) is 10.8. The summed E-state index contributed by atoms with van der Waals surface area (Å²) >= 11 is 0. The first-order valence-corrected chi connectivity index (χ1v) is 15.6. The molecule has 374 valence electrons. The molecule has 0 aromatic rings. The molecule has 0 fully saturated rings. The van der Waals surface area contributed by atoms with Crippen molar-refractivity contribution in [3.8, 4) is 0 Å². The van der Waals surface area contributed by atoms with Crippen LogP contribution in [0.25, 0.3) is 0 Å². The number of alkyl halides is 38. The fourth-order valence-corrected chi connectivity index (χ4v) is 6.71. The van der Waals surface area contributed by atoms with E-state index in [1.165, 1.54) is 0 Å². The maximum absolute atomic E-state index is 15.0. The van der Waals surface area contributed by atoms with E-state index >= 15 is 0 Å². The molecule has 0 rings (SSSR count). The molecule has 0 saturated carbocycles. The molecule has 0 amide bonds. The monoisotopic (exact) mass is 1070 g/mol. The second-order valence-corrected chi connectivity index (χ2v) is 14.9. The average molecular weight is 1070 g/mol. The van der Waals surface area contributed by atoms with Crippen LogP contribution in [0.15, 0.2) is 0 Å². The molecule has 0 atom stereocenters. The minimum absolute atomic E-state index is 0.951. The summed E-state index contributed by atoms with van der Waals surface area (Å²) in [6.07, 6.45) is -60.9. The van der Waals surface area contributed by atoms with Crippen molar-refractivity contribution >= 4 is 18.6 Å². The summed E-state index contributed by atoms with van der Waals surface area (Å²) in [5.41, 5.74) is -10.3. The fourth-order valence-electron chi connectivity index (χ4n) is 2.96. The largest absolute Gasteiger partial charge is 0.595 e. The van der Waals surface area contributed by atoms with Crippen LogP contribution in [0.5, 0.6) is 0 Å². The fraction of sp³-hybridized carbons (Fsp3) is 1.00. The molecule has 0 aromatic heterocycles. The molecule has 0 spiro atoms. The Balaban J connectivity index is 8.70. The molecule has 0 saturated heterocycles. The highest BCUT2D eigenvalue weighted by Gasteiger charge is 3.00. The van der Waals surface area contributed by atoms with E-state index in [4.69, 9.17) is 0 Å². The standard InChI is InChI=1S/C17F38O5SSi/c18-1(19,3(22,23)5(26,27)8(32,33)34)2(20,21)4(24,25)6(28,29)15(50,51)61(56,57)16(52,53)7(30,31)17(54,55)62(58-12(44,45)9(35,36)37,59-13(46,47)10(38,39)40)60-14(48,49)11(41,42)43. The van der Waals surface area contributed by atoms with Crippen LogP contribution in [-0.4, -0.2) is 118 Å². The van der Waals surface area contributed by atoms with Gasteiger partial charge in [0.1, 0.15) is 0 Å². The van der Waals surface area contributed by atoms with Crippen molar-refractivity contribution in [1.29, 1.82) is 0 Å². The van der Waals surface area contributed by atoms with Gasteiger partial charge in [-0.15, -0.1) is 0 Å². The summed E-state index contributed by atoms with van der Waals surface area (Å²) in [5.74, 6) is -69.7. The SMILES string of the molecule is O=S(=O)(C(F)(F)C(F)(F)C(F)(F)C(F)(F)C(F)(F)C(F)(F)C(F)(F)C(F)(F)F)C(F)(F)C(F)(F)C(F)(F)[Si](OC(F)(F)C(F)(F)F)(OC(F)(F)C(F)(F)F)OC(F)(F)C(F)(F)F. The minimum atomic E-state index is -12.1. The first kappa shape index (κ1) is 59.4. The molecule has 0 bridgehead atoms. The van der Waals surface area contributed by atoms with Crippen LogP contribution in [0, 0.1) is 0 Å². The zero-order valence-electron chi connectivity index (χ0n) is 25.8. The van der Waals surface area contributed by atoms with Gasteiger partial charge in [0.15, 0.2) is 0 Å². The third-order valence-electron chi connectivity index (χ3n) is 6.29. The average Bonchev–Trinajstić information content (AvgIpc) is 2.96. The van der Waals surface area contributed by atoms with Crippen molar-refractivity contribution in [1.82, 2.24) is 0 Å². The Morgan fingerprint density at radius 3 is 0.661 bits per heavy atom. The Morgan fingerprint density at radius 2 is 0.452 bits per heavy atom. The summed E-state index contributed by atoms with van der Waals surface area (Å²) < 4.78 is 537. The molecular weight excluding hydrogens is 1070 g/mol. The van der Waals surface area contributed by atoms with E-state index < -0.39 is 119 Å². The lowest BCUT2D eigenvalue weighted by atomic mass is 9.91. The first-order chi connectivity index (χ1) is 25.9. The highest BCUT2D eigenvalue weighted by molar-refractivity contribution is 7.93. The van der Waals surface area contributed by atoms with Crippen molar-refractivity contribution in [3.63, 3.8) is 0 Å². The summed E-state index contributed by atoms with van der Waals surface area (Å²) in [6, 6.07) is 0. The Bertz CT molecular complexity index is 1660. The lowest BCUT2D eigenvalue weighted by Gasteiger charge is -2.45. The van der Waals surface area contributed by atoms with E-state index in [-0.39, 0.29) is 0 Å². The van der Waals surface area contributed by atoms with Gasteiger partial charge >= 0.3 is 109 Å². The summed E-state index contributed by atoms with van der Waals surface area (Å²) in [5, 5.41) is -20.7. The lowest BCUT2D eigenvalue weighted by molar-refractivity contribution is -0.458. The van der Waals surface area contributed by atoms with Crippen molar-refractivity contribution < 1.29 is 189 Å².